The Kier molecular flexibility index (Phi) is 3.07. The van der Waals surface area contributed by atoms with Crippen molar-refractivity contribution in [2.24, 2.45) is 11.1 Å². The zero-order chi connectivity index (χ0) is 14.2. The Balaban J connectivity index is 2.26. The molecule has 0 aliphatic heterocycles. The van der Waals surface area contributed by atoms with Crippen LogP contribution in [-0.2, 0) is 17.6 Å². The van der Waals surface area contributed by atoms with Gasteiger partial charge < -0.3 is 10.8 Å². The summed E-state index contributed by atoms with van der Waals surface area (Å²) in [5.41, 5.74) is 9.30. The molecule has 2 aromatic rings. The average Bonchev–Trinajstić information content (AvgIpc) is 2.62. The van der Waals surface area contributed by atoms with E-state index < -0.39 is 11.4 Å². The number of rotatable bonds is 2. The Morgan fingerprint density at radius 1 is 1.00 bits per heavy atom. The third-order valence-electron chi connectivity index (χ3n) is 4.23. The second kappa shape index (κ2) is 4.76. The van der Waals surface area contributed by atoms with Gasteiger partial charge in [0.1, 0.15) is 0 Å². The van der Waals surface area contributed by atoms with E-state index in [4.69, 9.17) is 5.73 Å². The fourth-order valence-electron chi connectivity index (χ4n) is 3.05. The maximum atomic E-state index is 11.8. The summed E-state index contributed by atoms with van der Waals surface area (Å²) in [4.78, 5) is 11.8. The molecule has 0 unspecified atom stereocenters. The number of carbonyl (C=O) groups is 1. The van der Waals surface area contributed by atoms with Crippen molar-refractivity contribution in [3.05, 3.63) is 59.7 Å². The third kappa shape index (κ3) is 1.91. The van der Waals surface area contributed by atoms with Crippen molar-refractivity contribution in [2.75, 3.05) is 6.54 Å². The quantitative estimate of drug-likeness (QED) is 0.878. The Morgan fingerprint density at radius 2 is 1.45 bits per heavy atom. The highest BCUT2D eigenvalue weighted by atomic mass is 16.4. The van der Waals surface area contributed by atoms with Gasteiger partial charge in [-0.3, -0.25) is 4.79 Å². The van der Waals surface area contributed by atoms with E-state index >= 15 is 0 Å². The molecule has 20 heavy (non-hydrogen) atoms. The van der Waals surface area contributed by atoms with E-state index in [1.807, 2.05) is 36.4 Å². The standard InChI is InChI=1S/C17H17NO2/c18-11-17(16(19)20)9-12-5-1-3-7-14(12)15-8-4-2-6-13(15)10-17/h1-8H,9-11,18H2,(H,19,20). The van der Waals surface area contributed by atoms with Crippen LogP contribution in [0.3, 0.4) is 0 Å². The van der Waals surface area contributed by atoms with Gasteiger partial charge in [-0.1, -0.05) is 48.5 Å². The minimum Gasteiger partial charge on any atom is -0.481 e. The zero-order valence-corrected chi connectivity index (χ0v) is 11.2. The van der Waals surface area contributed by atoms with E-state index in [0.29, 0.717) is 12.8 Å². The number of aliphatic carboxylic acids is 1. The second-order valence-corrected chi connectivity index (χ2v) is 5.46. The van der Waals surface area contributed by atoms with Gasteiger partial charge in [-0.15, -0.1) is 0 Å². The predicted octanol–water partition coefficient (Wildman–Crippen LogP) is 2.48. The predicted molar refractivity (Wildman–Crippen MR) is 78.4 cm³/mol. The SMILES string of the molecule is NCC1(C(=O)O)Cc2ccccc2-c2ccccc2C1. The van der Waals surface area contributed by atoms with Crippen molar-refractivity contribution < 1.29 is 9.90 Å². The molecule has 0 bridgehead atoms. The first-order chi connectivity index (χ1) is 9.66. The average molecular weight is 267 g/mol. The fourth-order valence-corrected chi connectivity index (χ4v) is 3.05. The lowest BCUT2D eigenvalue weighted by Crippen LogP contribution is -2.42. The molecule has 0 saturated carbocycles. The molecule has 2 aromatic carbocycles. The van der Waals surface area contributed by atoms with Gasteiger partial charge in [0, 0.05) is 6.54 Å². The van der Waals surface area contributed by atoms with Crippen LogP contribution in [-0.4, -0.2) is 17.6 Å². The van der Waals surface area contributed by atoms with Gasteiger partial charge in [0.25, 0.3) is 0 Å². The third-order valence-corrected chi connectivity index (χ3v) is 4.23. The molecule has 0 spiro atoms. The number of nitrogens with two attached hydrogens (primary N) is 1. The van der Waals surface area contributed by atoms with Gasteiger partial charge in [0.05, 0.1) is 5.41 Å². The van der Waals surface area contributed by atoms with Gasteiger partial charge in [0.2, 0.25) is 0 Å². The number of hydrogen-bond donors (Lipinski definition) is 2. The van der Waals surface area contributed by atoms with Gasteiger partial charge in [-0.05, 0) is 35.1 Å². The molecule has 3 nitrogen and oxygen atoms in total. The summed E-state index contributed by atoms with van der Waals surface area (Å²) in [7, 11) is 0. The molecule has 3 heteroatoms. The topological polar surface area (TPSA) is 63.3 Å². The molecule has 0 aromatic heterocycles. The molecular formula is C17H17NO2. The van der Waals surface area contributed by atoms with Gasteiger partial charge >= 0.3 is 5.97 Å². The van der Waals surface area contributed by atoms with Gasteiger partial charge in [-0.2, -0.15) is 0 Å². The first kappa shape index (κ1) is 12.9. The summed E-state index contributed by atoms with van der Waals surface area (Å²) in [6.07, 6.45) is 0.952. The summed E-state index contributed by atoms with van der Waals surface area (Å²) in [6, 6.07) is 16.0. The fraction of sp³-hybridized carbons (Fsp3) is 0.235. The van der Waals surface area contributed by atoms with Crippen molar-refractivity contribution in [3.8, 4) is 11.1 Å². The van der Waals surface area contributed by atoms with Crippen LogP contribution >= 0.6 is 0 Å². The van der Waals surface area contributed by atoms with Crippen LogP contribution in [0, 0.1) is 5.41 Å². The lowest BCUT2D eigenvalue weighted by atomic mass is 9.78. The second-order valence-electron chi connectivity index (χ2n) is 5.46. The highest BCUT2D eigenvalue weighted by molar-refractivity contribution is 5.80. The van der Waals surface area contributed by atoms with Crippen LogP contribution in [0.15, 0.2) is 48.5 Å². The molecule has 3 N–H and O–H groups in total. The Hall–Kier alpha value is -2.13. The number of carboxylic acids is 1. The van der Waals surface area contributed by atoms with E-state index in [-0.39, 0.29) is 6.54 Å². The van der Waals surface area contributed by atoms with Crippen LogP contribution in [0.5, 0.6) is 0 Å². The largest absolute Gasteiger partial charge is 0.481 e. The Morgan fingerprint density at radius 3 is 1.85 bits per heavy atom. The van der Waals surface area contributed by atoms with Crippen LogP contribution in [0.25, 0.3) is 11.1 Å². The maximum absolute atomic E-state index is 11.8. The Bertz CT molecular complexity index is 616. The van der Waals surface area contributed by atoms with Crippen LogP contribution < -0.4 is 5.73 Å². The zero-order valence-electron chi connectivity index (χ0n) is 11.2. The van der Waals surface area contributed by atoms with E-state index in [1.54, 1.807) is 0 Å². The van der Waals surface area contributed by atoms with Crippen molar-refractivity contribution in [1.29, 1.82) is 0 Å². The van der Waals surface area contributed by atoms with Gasteiger partial charge in [-0.25, -0.2) is 0 Å². The highest BCUT2D eigenvalue weighted by Gasteiger charge is 2.40. The lowest BCUT2D eigenvalue weighted by molar-refractivity contribution is -0.148. The minimum absolute atomic E-state index is 0.144. The molecule has 1 aliphatic rings. The number of fused-ring (bicyclic) bond motifs is 3. The number of hydrogen-bond acceptors (Lipinski definition) is 2. The van der Waals surface area contributed by atoms with Crippen molar-refractivity contribution in [1.82, 2.24) is 0 Å². The van der Waals surface area contributed by atoms with Crippen LogP contribution in [0.4, 0.5) is 0 Å². The molecule has 0 atom stereocenters. The van der Waals surface area contributed by atoms with E-state index in [0.717, 1.165) is 22.3 Å². The number of carboxylic acid groups (broad SMARTS) is 1. The van der Waals surface area contributed by atoms with E-state index in [9.17, 15) is 9.90 Å². The van der Waals surface area contributed by atoms with Crippen LogP contribution in [0.2, 0.25) is 0 Å². The molecule has 0 heterocycles. The number of benzene rings is 2. The molecule has 102 valence electrons. The molecule has 0 amide bonds. The molecule has 3 rings (SSSR count). The van der Waals surface area contributed by atoms with Gasteiger partial charge in [0.15, 0.2) is 0 Å². The van der Waals surface area contributed by atoms with E-state index in [2.05, 4.69) is 12.1 Å². The lowest BCUT2D eigenvalue weighted by Gasteiger charge is -2.26. The van der Waals surface area contributed by atoms with Crippen LogP contribution in [0.1, 0.15) is 11.1 Å². The summed E-state index contributed by atoms with van der Waals surface area (Å²) in [6.45, 7) is 0.144. The Labute approximate surface area is 118 Å². The molecule has 0 radical (unpaired) electrons. The summed E-state index contributed by atoms with van der Waals surface area (Å²) >= 11 is 0. The molecular weight excluding hydrogens is 250 g/mol. The highest BCUT2D eigenvalue weighted by Crippen LogP contribution is 2.39. The normalized spacial score (nSPS) is 15.8. The first-order valence-electron chi connectivity index (χ1n) is 6.76. The summed E-state index contributed by atoms with van der Waals surface area (Å²) in [5, 5.41) is 9.68. The molecule has 0 saturated heterocycles. The van der Waals surface area contributed by atoms with Crippen molar-refractivity contribution >= 4 is 5.97 Å². The molecule has 0 fully saturated rings. The maximum Gasteiger partial charge on any atom is 0.311 e. The summed E-state index contributed by atoms with van der Waals surface area (Å²) in [5.74, 6) is -0.813. The monoisotopic (exact) mass is 267 g/mol. The first-order valence-corrected chi connectivity index (χ1v) is 6.76. The minimum atomic E-state index is -0.914. The summed E-state index contributed by atoms with van der Waals surface area (Å²) < 4.78 is 0. The van der Waals surface area contributed by atoms with E-state index in [1.165, 1.54) is 0 Å². The van der Waals surface area contributed by atoms with Crippen molar-refractivity contribution in [2.45, 2.75) is 12.8 Å². The van der Waals surface area contributed by atoms with Crippen molar-refractivity contribution in [3.63, 3.8) is 0 Å². The smallest absolute Gasteiger partial charge is 0.311 e. The molecule has 1 aliphatic carbocycles.